The summed E-state index contributed by atoms with van der Waals surface area (Å²) in [6, 6.07) is 17.7. The molecule has 2 amide bonds. The van der Waals surface area contributed by atoms with Crippen LogP contribution in [0, 0.1) is 6.92 Å². The van der Waals surface area contributed by atoms with Crippen molar-refractivity contribution in [1.82, 2.24) is 0 Å². The van der Waals surface area contributed by atoms with Crippen molar-refractivity contribution in [2.45, 2.75) is 37.3 Å². The highest BCUT2D eigenvalue weighted by atomic mass is 32.2. The molecule has 4 N–H and O–H groups in total. The summed E-state index contributed by atoms with van der Waals surface area (Å²) in [5.74, 6) is -4.33. The van der Waals surface area contributed by atoms with E-state index >= 15 is 0 Å². The molecule has 0 saturated heterocycles. The van der Waals surface area contributed by atoms with E-state index in [2.05, 4.69) is 10.6 Å². The van der Waals surface area contributed by atoms with Crippen LogP contribution >= 0.6 is 23.1 Å². The number of carboxylic acid groups (broad SMARTS) is 2. The van der Waals surface area contributed by atoms with Crippen LogP contribution in [0.4, 0.5) is 10.7 Å². The molecule has 0 spiro atoms. The van der Waals surface area contributed by atoms with Crippen molar-refractivity contribution < 1.29 is 38.9 Å². The second-order valence-electron chi connectivity index (χ2n) is 9.80. The molecule has 1 atom stereocenters. The Labute approximate surface area is 267 Å². The third-order valence-electron chi connectivity index (χ3n) is 6.64. The molecule has 1 aromatic heterocycles. The molecule has 3 aromatic carbocycles. The summed E-state index contributed by atoms with van der Waals surface area (Å²) in [4.78, 5) is 63.0. The summed E-state index contributed by atoms with van der Waals surface area (Å²) in [5.41, 5.74) is 2.32. The van der Waals surface area contributed by atoms with Crippen LogP contribution in [0.3, 0.4) is 0 Å². The Morgan fingerprint density at radius 1 is 0.889 bits per heavy atom. The Morgan fingerprint density at radius 2 is 1.62 bits per heavy atom. The van der Waals surface area contributed by atoms with Crippen LogP contribution in [0.5, 0.6) is 0 Å². The van der Waals surface area contributed by atoms with Gasteiger partial charge in [0.25, 0.3) is 5.91 Å². The maximum absolute atomic E-state index is 13.5. The van der Waals surface area contributed by atoms with Crippen molar-refractivity contribution in [3.05, 3.63) is 99.9 Å². The molecule has 0 aliphatic rings. The summed E-state index contributed by atoms with van der Waals surface area (Å²) in [6.45, 7) is 5.73. The third kappa shape index (κ3) is 7.97. The standard InChI is InChI=1S/C33H30N2O8S2/c1-4-26(29(37)35-30-27(33(42)43-5-2)25(17-44-30)19-11-9-18(3)10-12-19)45-22-8-6-7-21(16-22)34-28(36)23-14-13-20(31(38)39)15-24(23)32(40)41/h6-17,26H,4-5H2,1-3H3,(H,34,36)(H,35,37)(H,38,39)(H,40,41). The van der Waals surface area contributed by atoms with Gasteiger partial charge < -0.3 is 25.6 Å². The normalized spacial score (nSPS) is 11.4. The lowest BCUT2D eigenvalue weighted by molar-refractivity contribution is -0.115. The Balaban J connectivity index is 1.52. The first-order chi connectivity index (χ1) is 21.5. The number of thioether (sulfide) groups is 1. The minimum absolute atomic E-state index is 0.182. The minimum atomic E-state index is -1.44. The Kier molecular flexibility index (Phi) is 10.8. The molecule has 1 heterocycles. The number of carboxylic acids is 2. The van der Waals surface area contributed by atoms with Gasteiger partial charge in [-0.2, -0.15) is 0 Å². The maximum Gasteiger partial charge on any atom is 0.341 e. The quantitative estimate of drug-likeness (QED) is 0.0934. The Morgan fingerprint density at radius 3 is 2.27 bits per heavy atom. The van der Waals surface area contributed by atoms with Crippen LogP contribution in [-0.2, 0) is 9.53 Å². The van der Waals surface area contributed by atoms with Crippen LogP contribution in [0.15, 0.2) is 77.0 Å². The summed E-state index contributed by atoms with van der Waals surface area (Å²) in [6.07, 6.45) is 0.454. The van der Waals surface area contributed by atoms with Gasteiger partial charge in [0.15, 0.2) is 0 Å². The number of carbonyl (C=O) groups excluding carboxylic acids is 3. The highest BCUT2D eigenvalue weighted by Gasteiger charge is 2.26. The zero-order chi connectivity index (χ0) is 32.7. The molecule has 0 aliphatic heterocycles. The van der Waals surface area contributed by atoms with Gasteiger partial charge in [-0.25, -0.2) is 14.4 Å². The van der Waals surface area contributed by atoms with E-state index in [-0.39, 0.29) is 23.6 Å². The van der Waals surface area contributed by atoms with Gasteiger partial charge in [-0.1, -0.05) is 42.8 Å². The van der Waals surface area contributed by atoms with E-state index in [0.29, 0.717) is 33.1 Å². The zero-order valence-electron chi connectivity index (χ0n) is 24.6. The highest BCUT2D eigenvalue weighted by Crippen LogP contribution is 2.37. The highest BCUT2D eigenvalue weighted by molar-refractivity contribution is 8.00. The second kappa shape index (κ2) is 14.7. The summed E-state index contributed by atoms with van der Waals surface area (Å²) in [7, 11) is 0. The molecule has 0 fully saturated rings. The number of amides is 2. The fraction of sp³-hybridized carbons (Fsp3) is 0.182. The van der Waals surface area contributed by atoms with Gasteiger partial charge in [0.05, 0.1) is 28.5 Å². The summed E-state index contributed by atoms with van der Waals surface area (Å²) in [5, 5.41) is 25.9. The predicted octanol–water partition coefficient (Wildman–Crippen LogP) is 7.06. The van der Waals surface area contributed by atoms with Crippen molar-refractivity contribution in [3.8, 4) is 11.1 Å². The number of rotatable bonds is 12. The molecule has 1 unspecified atom stereocenters. The zero-order valence-corrected chi connectivity index (χ0v) is 26.2. The number of hydrogen-bond acceptors (Lipinski definition) is 8. The predicted molar refractivity (Wildman–Crippen MR) is 174 cm³/mol. The topological polar surface area (TPSA) is 159 Å². The lowest BCUT2D eigenvalue weighted by Gasteiger charge is -2.16. The number of nitrogens with one attached hydrogen (secondary N) is 2. The van der Waals surface area contributed by atoms with Crippen molar-refractivity contribution in [1.29, 1.82) is 0 Å². The molecule has 0 radical (unpaired) electrons. The number of carbonyl (C=O) groups is 5. The first-order valence-corrected chi connectivity index (χ1v) is 15.6. The van der Waals surface area contributed by atoms with Gasteiger partial charge in [-0.05, 0) is 62.2 Å². The number of anilines is 2. The summed E-state index contributed by atoms with van der Waals surface area (Å²) >= 11 is 2.50. The van der Waals surface area contributed by atoms with Crippen LogP contribution in [0.2, 0.25) is 0 Å². The largest absolute Gasteiger partial charge is 0.478 e. The van der Waals surface area contributed by atoms with Crippen molar-refractivity contribution in [3.63, 3.8) is 0 Å². The van der Waals surface area contributed by atoms with Gasteiger partial charge in [0, 0.05) is 21.5 Å². The molecule has 0 bridgehead atoms. The smallest absolute Gasteiger partial charge is 0.341 e. The molecule has 0 aliphatic carbocycles. The SMILES string of the molecule is CCOC(=O)c1c(-c2ccc(C)cc2)csc1NC(=O)C(CC)Sc1cccc(NC(=O)c2ccc(C(=O)O)cc2C(=O)O)c1. The fourth-order valence-corrected chi connectivity index (χ4v) is 6.35. The van der Waals surface area contributed by atoms with E-state index in [9.17, 15) is 34.2 Å². The Bertz CT molecular complexity index is 1760. The average Bonchev–Trinajstić information content (AvgIpc) is 3.43. The molecule has 12 heteroatoms. The molecule has 232 valence electrons. The lowest BCUT2D eigenvalue weighted by Crippen LogP contribution is -2.25. The lowest BCUT2D eigenvalue weighted by atomic mass is 10.0. The van der Waals surface area contributed by atoms with Crippen molar-refractivity contribution >= 4 is 63.5 Å². The van der Waals surface area contributed by atoms with E-state index in [1.807, 2.05) is 43.5 Å². The molecule has 0 saturated carbocycles. The van der Waals surface area contributed by atoms with Crippen LogP contribution in [0.25, 0.3) is 11.1 Å². The number of ether oxygens (including phenoxy) is 1. The number of esters is 1. The van der Waals surface area contributed by atoms with Crippen molar-refractivity contribution in [2.24, 2.45) is 0 Å². The summed E-state index contributed by atoms with van der Waals surface area (Å²) < 4.78 is 5.31. The second-order valence-corrected chi connectivity index (χ2v) is 12.0. The minimum Gasteiger partial charge on any atom is -0.478 e. The van der Waals surface area contributed by atoms with E-state index < -0.39 is 34.6 Å². The van der Waals surface area contributed by atoms with E-state index in [1.165, 1.54) is 23.1 Å². The number of hydrogen-bond donors (Lipinski definition) is 4. The maximum atomic E-state index is 13.5. The van der Waals surface area contributed by atoms with Gasteiger partial charge >= 0.3 is 17.9 Å². The third-order valence-corrected chi connectivity index (χ3v) is 8.90. The first kappa shape index (κ1) is 33.0. The van der Waals surface area contributed by atoms with Gasteiger partial charge in [0.1, 0.15) is 10.6 Å². The van der Waals surface area contributed by atoms with Crippen LogP contribution in [-0.4, -0.2) is 51.8 Å². The fourth-order valence-electron chi connectivity index (χ4n) is 4.38. The number of aryl methyl sites for hydroxylation is 1. The van der Waals surface area contributed by atoms with Crippen LogP contribution < -0.4 is 10.6 Å². The number of aromatic carboxylic acids is 2. The monoisotopic (exact) mass is 646 g/mol. The van der Waals surface area contributed by atoms with E-state index in [1.54, 1.807) is 31.2 Å². The van der Waals surface area contributed by atoms with Gasteiger partial charge in [0.2, 0.25) is 5.91 Å². The van der Waals surface area contributed by atoms with E-state index in [4.69, 9.17) is 4.74 Å². The molecule has 4 rings (SSSR count). The van der Waals surface area contributed by atoms with Crippen molar-refractivity contribution in [2.75, 3.05) is 17.2 Å². The Hall–Kier alpha value is -4.94. The number of benzene rings is 3. The molecular formula is C33H30N2O8S2. The molecule has 45 heavy (non-hydrogen) atoms. The van der Waals surface area contributed by atoms with Gasteiger partial charge in [-0.15, -0.1) is 23.1 Å². The van der Waals surface area contributed by atoms with Gasteiger partial charge in [-0.3, -0.25) is 9.59 Å². The molecular weight excluding hydrogens is 617 g/mol. The van der Waals surface area contributed by atoms with Crippen LogP contribution in [0.1, 0.15) is 67.3 Å². The number of thiophene rings is 1. The molecule has 10 nitrogen and oxygen atoms in total. The average molecular weight is 647 g/mol. The first-order valence-electron chi connectivity index (χ1n) is 13.9. The molecule has 4 aromatic rings. The van der Waals surface area contributed by atoms with E-state index in [0.717, 1.165) is 29.3 Å².